The van der Waals surface area contributed by atoms with E-state index in [1.165, 1.54) is 6.20 Å². The summed E-state index contributed by atoms with van der Waals surface area (Å²) in [6.07, 6.45) is 10.2. The molecule has 1 amide bonds. The van der Waals surface area contributed by atoms with E-state index in [1.807, 2.05) is 91.1 Å². The van der Waals surface area contributed by atoms with E-state index in [-0.39, 0.29) is 24.0 Å². The Morgan fingerprint density at radius 3 is 2.40 bits per heavy atom. The topological polar surface area (TPSA) is 147 Å². The normalized spacial score (nSPS) is 15.8. The number of nitrogens with zero attached hydrogens (tertiary/aromatic N) is 2. The van der Waals surface area contributed by atoms with Gasteiger partial charge in [-0.3, -0.25) is 19.4 Å². The summed E-state index contributed by atoms with van der Waals surface area (Å²) >= 11 is 0. The fourth-order valence-electron chi connectivity index (χ4n) is 8.35. The third-order valence-electron chi connectivity index (χ3n) is 11.1. The number of amides is 1. The molecule has 2 heterocycles. The Labute approximate surface area is 337 Å². The molecule has 288 valence electrons. The first-order valence-corrected chi connectivity index (χ1v) is 19.6. The molecule has 3 aliphatic rings. The lowest BCUT2D eigenvalue weighted by Gasteiger charge is -2.34. The van der Waals surface area contributed by atoms with Gasteiger partial charge in [-0.25, -0.2) is 4.98 Å². The maximum atomic E-state index is 14.3. The summed E-state index contributed by atoms with van der Waals surface area (Å²) in [6, 6.07) is 38.9. The number of aromatic nitrogens is 1. The Morgan fingerprint density at radius 2 is 1.60 bits per heavy atom. The van der Waals surface area contributed by atoms with Gasteiger partial charge in [-0.1, -0.05) is 91.0 Å². The quantitative estimate of drug-likeness (QED) is 0.113. The van der Waals surface area contributed by atoms with Crippen LogP contribution in [0.4, 0.5) is 17.2 Å². The molecule has 0 bridgehead atoms. The lowest BCUT2D eigenvalue weighted by atomic mass is 9.69. The number of carbonyl (C=O) groups is 3. The van der Waals surface area contributed by atoms with E-state index in [4.69, 9.17) is 5.73 Å². The molecule has 0 spiro atoms. The van der Waals surface area contributed by atoms with Crippen molar-refractivity contribution >= 4 is 41.1 Å². The summed E-state index contributed by atoms with van der Waals surface area (Å²) in [7, 11) is 0. The smallest absolute Gasteiger partial charge is 0.303 e. The van der Waals surface area contributed by atoms with Crippen LogP contribution in [0.1, 0.15) is 79.6 Å². The molecule has 5 N–H and O–H groups in total. The number of rotatable bonds is 8. The highest BCUT2D eigenvalue weighted by atomic mass is 16.4. The molecule has 9 heteroatoms. The van der Waals surface area contributed by atoms with Gasteiger partial charge in [0.15, 0.2) is 5.78 Å². The molecule has 0 fully saturated rings. The van der Waals surface area contributed by atoms with Gasteiger partial charge in [0.2, 0.25) is 0 Å². The Bertz CT molecular complexity index is 2560. The van der Waals surface area contributed by atoms with E-state index in [0.29, 0.717) is 29.9 Å². The van der Waals surface area contributed by atoms with Gasteiger partial charge in [-0.05, 0) is 118 Å². The number of fused-ring (bicyclic) bond motifs is 6. The summed E-state index contributed by atoms with van der Waals surface area (Å²) in [5.74, 6) is -1.26. The predicted octanol–water partition coefficient (Wildman–Crippen LogP) is 9.87. The highest BCUT2D eigenvalue weighted by molar-refractivity contribution is 6.09. The minimum atomic E-state index is -0.804. The molecule has 0 radical (unpaired) electrons. The van der Waals surface area contributed by atoms with E-state index in [1.54, 1.807) is 24.4 Å². The van der Waals surface area contributed by atoms with Crippen LogP contribution in [-0.2, 0) is 24.2 Å². The molecule has 5 aromatic carbocycles. The van der Waals surface area contributed by atoms with Gasteiger partial charge in [0.05, 0.1) is 23.7 Å². The fraction of sp³-hybridized carbons (Fsp3) is 0.163. The monoisotopic (exact) mass is 765 g/mol. The Morgan fingerprint density at radius 1 is 0.828 bits per heavy atom. The van der Waals surface area contributed by atoms with E-state index in [0.717, 1.165) is 80.7 Å². The molecular formula is C49H43N5O4. The maximum absolute atomic E-state index is 14.3. The summed E-state index contributed by atoms with van der Waals surface area (Å²) in [4.78, 5) is 48.1. The molecule has 2 aliphatic carbocycles. The average molecular weight is 766 g/mol. The van der Waals surface area contributed by atoms with Crippen LogP contribution in [0, 0.1) is 0 Å². The zero-order valence-corrected chi connectivity index (χ0v) is 31.9. The van der Waals surface area contributed by atoms with Crippen LogP contribution in [0.25, 0.3) is 22.3 Å². The maximum Gasteiger partial charge on any atom is 0.303 e. The number of aliphatic carboxylic acids is 1. The van der Waals surface area contributed by atoms with Crippen molar-refractivity contribution < 1.29 is 19.5 Å². The van der Waals surface area contributed by atoms with Crippen molar-refractivity contribution in [1.29, 1.82) is 0 Å². The van der Waals surface area contributed by atoms with Crippen LogP contribution in [0.3, 0.4) is 0 Å². The van der Waals surface area contributed by atoms with Crippen LogP contribution in [0.15, 0.2) is 145 Å². The van der Waals surface area contributed by atoms with Crippen molar-refractivity contribution in [2.75, 3.05) is 10.6 Å². The van der Waals surface area contributed by atoms with Gasteiger partial charge >= 0.3 is 5.97 Å². The number of hydrogen-bond donors (Lipinski definition) is 4. The summed E-state index contributed by atoms with van der Waals surface area (Å²) in [6.45, 7) is 0.447. The molecule has 6 aromatic rings. The zero-order valence-electron chi connectivity index (χ0n) is 31.9. The second-order valence-electron chi connectivity index (χ2n) is 14.7. The molecule has 1 aromatic heterocycles. The Balaban J connectivity index is 0.000000366. The largest absolute Gasteiger partial charge is 0.481 e. The third-order valence-corrected chi connectivity index (χ3v) is 11.1. The van der Waals surface area contributed by atoms with Crippen LogP contribution >= 0.6 is 0 Å². The first-order valence-electron chi connectivity index (χ1n) is 19.6. The number of nitrogens with one attached hydrogen (secondary N) is 2. The van der Waals surface area contributed by atoms with Gasteiger partial charge in [-0.15, -0.1) is 0 Å². The number of nitrogens with two attached hydrogens (primary N) is 1. The molecular weight excluding hydrogens is 723 g/mol. The highest BCUT2D eigenvalue weighted by Gasteiger charge is 2.36. The minimum absolute atomic E-state index is 0.0360. The van der Waals surface area contributed by atoms with Crippen LogP contribution < -0.4 is 16.4 Å². The summed E-state index contributed by atoms with van der Waals surface area (Å²) < 4.78 is 0. The SMILES string of the molecule is C1=CNc2ccccc2N=C1.NCc1ccc(-c2ccccc2C(=O)Nc2ccc(C(=O)C3Cc4ccccc4-c4ccc5c(c43)CCCC5CC(=O)O)cn2)cc1. The van der Waals surface area contributed by atoms with Crippen molar-refractivity contribution in [2.45, 2.75) is 50.5 Å². The molecule has 58 heavy (non-hydrogen) atoms. The van der Waals surface area contributed by atoms with Gasteiger partial charge in [-0.2, -0.15) is 0 Å². The molecule has 2 atom stereocenters. The summed E-state index contributed by atoms with van der Waals surface area (Å²) in [5.41, 5.74) is 18.0. The number of carboxylic acid groups (broad SMARTS) is 1. The molecule has 0 saturated heterocycles. The standard InChI is InChI=1S/C40H35N3O4.C9H8N2/c41-22-24-12-14-25(15-13-24)29-8-3-4-10-34(29)40(47)43-36-19-16-28(23-42-36)39(46)35-20-26-6-1-2-9-30(26)33-18-17-31-27(21-37(44)45)7-5-11-32(31)38(33)35;1-2-5-9-8(4-1)10-6-3-7-11-9/h1-4,6,8-10,12-19,23,27,35H,5,7,11,20-22,41H2,(H,44,45)(H,42,43,47);1-7,10H. The predicted molar refractivity (Wildman–Crippen MR) is 230 cm³/mol. The van der Waals surface area contributed by atoms with Crippen molar-refractivity contribution in [3.05, 3.63) is 179 Å². The van der Waals surface area contributed by atoms with Crippen molar-refractivity contribution in [1.82, 2.24) is 4.98 Å². The number of aliphatic imine (C=N–C) groups is 1. The zero-order chi connectivity index (χ0) is 40.0. The van der Waals surface area contributed by atoms with E-state index >= 15 is 0 Å². The lowest BCUT2D eigenvalue weighted by molar-refractivity contribution is -0.137. The molecule has 9 nitrogen and oxygen atoms in total. The van der Waals surface area contributed by atoms with Gasteiger partial charge < -0.3 is 21.5 Å². The number of hydrogen-bond acceptors (Lipinski definition) is 7. The number of ketones is 1. The Kier molecular flexibility index (Phi) is 11.1. The number of Topliss-reactive ketones (excluding diaryl/α,β-unsaturated/α-hetero) is 1. The van der Waals surface area contributed by atoms with Crippen molar-refractivity contribution in [3.63, 3.8) is 0 Å². The average Bonchev–Trinajstić information content (AvgIpc) is 3.52. The van der Waals surface area contributed by atoms with E-state index < -0.39 is 11.9 Å². The van der Waals surface area contributed by atoms with E-state index in [2.05, 4.69) is 44.9 Å². The van der Waals surface area contributed by atoms with Gasteiger partial charge in [0.1, 0.15) is 5.82 Å². The van der Waals surface area contributed by atoms with Crippen molar-refractivity contribution in [3.8, 4) is 22.3 Å². The van der Waals surface area contributed by atoms with E-state index in [9.17, 15) is 19.5 Å². The minimum Gasteiger partial charge on any atom is -0.481 e. The Hall–Kier alpha value is -6.97. The van der Waals surface area contributed by atoms with Crippen molar-refractivity contribution in [2.24, 2.45) is 10.7 Å². The number of anilines is 2. The highest BCUT2D eigenvalue weighted by Crippen LogP contribution is 2.47. The first kappa shape index (κ1) is 37.9. The van der Waals surface area contributed by atoms with Crippen LogP contribution in [0.2, 0.25) is 0 Å². The number of carboxylic acids is 1. The van der Waals surface area contributed by atoms with Crippen LogP contribution in [0.5, 0.6) is 0 Å². The number of benzene rings is 5. The first-order chi connectivity index (χ1) is 28.4. The molecule has 9 rings (SSSR count). The van der Waals surface area contributed by atoms with Gasteiger partial charge in [0.25, 0.3) is 5.91 Å². The third kappa shape index (κ3) is 7.98. The number of pyridine rings is 1. The fourth-order valence-corrected chi connectivity index (χ4v) is 8.35. The summed E-state index contributed by atoms with van der Waals surface area (Å²) in [5, 5.41) is 15.6. The second kappa shape index (κ2) is 17.0. The lowest BCUT2D eigenvalue weighted by Crippen LogP contribution is -2.25. The second-order valence-corrected chi connectivity index (χ2v) is 14.7. The van der Waals surface area contributed by atoms with Crippen LogP contribution in [-0.4, -0.2) is 34.0 Å². The molecule has 2 unspecified atom stereocenters. The number of allylic oxidation sites excluding steroid dienone is 1. The molecule has 0 saturated carbocycles. The number of carbonyl (C=O) groups excluding carboxylic acids is 2. The molecule has 1 aliphatic heterocycles. The van der Waals surface area contributed by atoms with Gasteiger partial charge in [0, 0.05) is 36.3 Å². The number of para-hydroxylation sites is 2.